The van der Waals surface area contributed by atoms with Crippen molar-refractivity contribution in [3.8, 4) is 0 Å². The Labute approximate surface area is 95.3 Å². The molecule has 1 atom stereocenters. The van der Waals surface area contributed by atoms with Crippen LogP contribution in [0.1, 0.15) is 10.5 Å². The molecule has 1 amide bonds. The first-order valence-corrected chi connectivity index (χ1v) is 6.23. The lowest BCUT2D eigenvalue weighted by atomic mass is 10.4. The van der Waals surface area contributed by atoms with Gasteiger partial charge in [0.1, 0.15) is 5.69 Å². The van der Waals surface area contributed by atoms with Crippen LogP contribution in [0.3, 0.4) is 0 Å². The van der Waals surface area contributed by atoms with Gasteiger partial charge in [-0.15, -0.1) is 0 Å². The van der Waals surface area contributed by atoms with Crippen LogP contribution in [0.4, 0.5) is 5.82 Å². The molecule has 4 N–H and O–H groups in total. The van der Waals surface area contributed by atoms with Crippen LogP contribution < -0.4 is 16.6 Å². The number of nitrogens with one attached hydrogen (secondary N) is 2. The first-order valence-electron chi connectivity index (χ1n) is 4.50. The van der Waals surface area contributed by atoms with Gasteiger partial charge in [0.2, 0.25) is 0 Å². The highest BCUT2D eigenvalue weighted by molar-refractivity contribution is 7.84. The van der Waals surface area contributed by atoms with Crippen LogP contribution in [0.25, 0.3) is 0 Å². The van der Waals surface area contributed by atoms with Crippen LogP contribution >= 0.6 is 0 Å². The fourth-order valence-corrected chi connectivity index (χ4v) is 1.31. The molecule has 7 nitrogen and oxygen atoms in total. The van der Waals surface area contributed by atoms with Crippen molar-refractivity contribution in [1.29, 1.82) is 0 Å². The maximum Gasteiger partial charge on any atom is 0.271 e. The zero-order valence-corrected chi connectivity index (χ0v) is 9.58. The van der Waals surface area contributed by atoms with E-state index in [0.717, 1.165) is 0 Å². The molecule has 0 aliphatic heterocycles. The van der Waals surface area contributed by atoms with E-state index in [-0.39, 0.29) is 11.6 Å². The Morgan fingerprint density at radius 1 is 1.50 bits per heavy atom. The van der Waals surface area contributed by atoms with E-state index in [0.29, 0.717) is 18.1 Å². The highest BCUT2D eigenvalue weighted by Gasteiger charge is 2.06. The molecular weight excluding hydrogens is 230 g/mol. The molecule has 1 aromatic rings. The maximum absolute atomic E-state index is 11.5. The maximum atomic E-state index is 11.5. The van der Waals surface area contributed by atoms with E-state index in [1.165, 1.54) is 12.4 Å². The van der Waals surface area contributed by atoms with Crippen molar-refractivity contribution in [1.82, 2.24) is 15.3 Å². The lowest BCUT2D eigenvalue weighted by molar-refractivity contribution is 0.0951. The molecule has 0 aliphatic rings. The van der Waals surface area contributed by atoms with Gasteiger partial charge in [0, 0.05) is 29.4 Å². The van der Waals surface area contributed by atoms with Crippen molar-refractivity contribution in [2.45, 2.75) is 0 Å². The van der Waals surface area contributed by atoms with Gasteiger partial charge < -0.3 is 10.7 Å². The van der Waals surface area contributed by atoms with Crippen LogP contribution in [0, 0.1) is 0 Å². The zero-order valence-electron chi connectivity index (χ0n) is 8.77. The van der Waals surface area contributed by atoms with E-state index in [1.807, 2.05) is 0 Å². The van der Waals surface area contributed by atoms with Crippen molar-refractivity contribution >= 4 is 22.5 Å². The molecule has 0 fully saturated rings. The van der Waals surface area contributed by atoms with Gasteiger partial charge in [-0.2, -0.15) is 0 Å². The van der Waals surface area contributed by atoms with Crippen molar-refractivity contribution in [3.05, 3.63) is 18.1 Å². The minimum absolute atomic E-state index is 0.195. The number of hydrogen-bond acceptors (Lipinski definition) is 6. The Kier molecular flexibility index (Phi) is 4.80. The van der Waals surface area contributed by atoms with Gasteiger partial charge in [-0.05, 0) is 0 Å². The molecule has 0 saturated carbocycles. The monoisotopic (exact) mass is 243 g/mol. The van der Waals surface area contributed by atoms with Gasteiger partial charge in [0.05, 0.1) is 12.4 Å². The highest BCUT2D eigenvalue weighted by Crippen LogP contribution is 1.98. The molecule has 0 saturated heterocycles. The van der Waals surface area contributed by atoms with E-state index >= 15 is 0 Å². The molecule has 16 heavy (non-hydrogen) atoms. The molecule has 8 heteroatoms. The summed E-state index contributed by atoms with van der Waals surface area (Å²) >= 11 is 0. The molecule has 0 aliphatic carbocycles. The summed E-state index contributed by atoms with van der Waals surface area (Å²) in [4.78, 5) is 19.2. The van der Waals surface area contributed by atoms with Crippen LogP contribution in [0.15, 0.2) is 12.4 Å². The summed E-state index contributed by atoms with van der Waals surface area (Å²) in [5.41, 5.74) is 2.50. The van der Waals surface area contributed by atoms with Crippen molar-refractivity contribution in [2.75, 3.05) is 24.0 Å². The SMILES string of the molecule is CS(=O)CCNC(=O)c1cnc(NN)cn1. The summed E-state index contributed by atoms with van der Waals surface area (Å²) < 4.78 is 10.8. The Bertz CT molecular complexity index is 381. The number of hydrazine groups is 1. The predicted molar refractivity (Wildman–Crippen MR) is 61.1 cm³/mol. The number of hydrogen-bond donors (Lipinski definition) is 3. The van der Waals surface area contributed by atoms with Crippen molar-refractivity contribution in [3.63, 3.8) is 0 Å². The number of rotatable bonds is 5. The molecule has 1 unspecified atom stereocenters. The molecule has 0 bridgehead atoms. The third-order valence-electron chi connectivity index (χ3n) is 1.71. The summed E-state index contributed by atoms with van der Waals surface area (Å²) in [6, 6.07) is 0. The van der Waals surface area contributed by atoms with E-state index in [1.54, 1.807) is 6.26 Å². The molecular formula is C8H13N5O2S. The number of anilines is 1. The first-order chi connectivity index (χ1) is 7.63. The standard InChI is InChI=1S/C8H13N5O2S/c1-16(15)3-2-10-8(14)6-4-12-7(13-9)5-11-6/h4-5H,2-3,9H2,1H3,(H,10,14)(H,12,13). The van der Waals surface area contributed by atoms with Gasteiger partial charge in [-0.1, -0.05) is 0 Å². The third kappa shape index (κ3) is 3.91. The third-order valence-corrected chi connectivity index (χ3v) is 2.49. The average Bonchev–Trinajstić information content (AvgIpc) is 2.28. The van der Waals surface area contributed by atoms with E-state index in [2.05, 4.69) is 20.7 Å². The van der Waals surface area contributed by atoms with E-state index in [4.69, 9.17) is 5.84 Å². The summed E-state index contributed by atoms with van der Waals surface area (Å²) in [6.07, 6.45) is 4.24. The number of aromatic nitrogens is 2. The van der Waals surface area contributed by atoms with Gasteiger partial charge in [-0.3, -0.25) is 9.00 Å². The minimum Gasteiger partial charge on any atom is -0.350 e. The van der Waals surface area contributed by atoms with E-state index in [9.17, 15) is 9.00 Å². The average molecular weight is 243 g/mol. The summed E-state index contributed by atoms with van der Waals surface area (Å²) in [5.74, 6) is 5.56. The summed E-state index contributed by atoms with van der Waals surface area (Å²) in [7, 11) is -0.921. The Balaban J connectivity index is 2.49. The van der Waals surface area contributed by atoms with Crippen LogP contribution in [0.5, 0.6) is 0 Å². The lowest BCUT2D eigenvalue weighted by Gasteiger charge is -2.03. The van der Waals surface area contributed by atoms with Gasteiger partial charge in [-0.25, -0.2) is 15.8 Å². The Morgan fingerprint density at radius 3 is 2.75 bits per heavy atom. The number of nitrogen functional groups attached to an aromatic ring is 1. The molecule has 0 radical (unpaired) electrons. The molecule has 1 aromatic heterocycles. The van der Waals surface area contributed by atoms with Gasteiger partial charge >= 0.3 is 0 Å². The number of carbonyl (C=O) groups excluding carboxylic acids is 1. The van der Waals surface area contributed by atoms with E-state index < -0.39 is 10.8 Å². The Hall–Kier alpha value is -1.54. The fraction of sp³-hybridized carbons (Fsp3) is 0.375. The van der Waals surface area contributed by atoms with Crippen LogP contribution in [0.2, 0.25) is 0 Å². The summed E-state index contributed by atoms with van der Waals surface area (Å²) in [6.45, 7) is 0.348. The first kappa shape index (κ1) is 12.5. The predicted octanol–water partition coefficient (Wildman–Crippen LogP) is -1.13. The minimum atomic E-state index is -0.921. The number of nitrogens with two attached hydrogens (primary N) is 1. The second-order valence-electron chi connectivity index (χ2n) is 2.96. The van der Waals surface area contributed by atoms with Crippen molar-refractivity contribution < 1.29 is 9.00 Å². The summed E-state index contributed by atoms with van der Waals surface area (Å²) in [5, 5.41) is 2.58. The second-order valence-corrected chi connectivity index (χ2v) is 4.52. The lowest BCUT2D eigenvalue weighted by Crippen LogP contribution is -2.28. The van der Waals surface area contributed by atoms with Gasteiger partial charge in [0.25, 0.3) is 5.91 Å². The second kappa shape index (κ2) is 6.13. The molecule has 0 aromatic carbocycles. The number of nitrogens with zero attached hydrogens (tertiary/aromatic N) is 2. The number of carbonyl (C=O) groups is 1. The topological polar surface area (TPSA) is 110 Å². The largest absolute Gasteiger partial charge is 0.350 e. The Morgan fingerprint density at radius 2 is 2.25 bits per heavy atom. The van der Waals surface area contributed by atoms with Crippen LogP contribution in [-0.4, -0.2) is 38.6 Å². The smallest absolute Gasteiger partial charge is 0.271 e. The number of amides is 1. The van der Waals surface area contributed by atoms with Crippen LogP contribution in [-0.2, 0) is 10.8 Å². The molecule has 0 spiro atoms. The van der Waals surface area contributed by atoms with Crippen molar-refractivity contribution in [2.24, 2.45) is 5.84 Å². The molecule has 88 valence electrons. The van der Waals surface area contributed by atoms with Gasteiger partial charge in [0.15, 0.2) is 5.82 Å². The molecule has 1 heterocycles. The molecule has 1 rings (SSSR count). The zero-order chi connectivity index (χ0) is 12.0. The quantitative estimate of drug-likeness (QED) is 0.446. The fourth-order valence-electron chi connectivity index (χ4n) is 0.919. The normalized spacial score (nSPS) is 11.9. The highest BCUT2D eigenvalue weighted by atomic mass is 32.2.